The molecule has 5 heterocycles. The maximum Gasteiger partial charge on any atom is 0.330 e. The molecule has 0 aromatic heterocycles. The van der Waals surface area contributed by atoms with Gasteiger partial charge in [-0.05, 0) is 38.9 Å². The van der Waals surface area contributed by atoms with Crippen LogP contribution in [0.1, 0.15) is 151 Å². The molecule has 5 saturated heterocycles. The minimum absolute atomic E-state index is 0.0203. The molecule has 0 aliphatic carbocycles. The van der Waals surface area contributed by atoms with E-state index in [1.807, 2.05) is 0 Å². The van der Waals surface area contributed by atoms with Gasteiger partial charge in [0.15, 0.2) is 18.9 Å². The summed E-state index contributed by atoms with van der Waals surface area (Å²) in [6.45, 7) is 2.17. The van der Waals surface area contributed by atoms with E-state index in [1.54, 1.807) is 6.92 Å². The molecule has 0 aromatic rings. The Hall–Kier alpha value is -5.50. The zero-order valence-corrected chi connectivity index (χ0v) is 70.6. The zero-order chi connectivity index (χ0) is 89.0. The summed E-state index contributed by atoms with van der Waals surface area (Å²) >= 11 is 0. The molecule has 23 atom stereocenters. The average Bonchev–Trinajstić information content (AvgIpc) is 0.862. The number of carbonyl (C=O) groups excluding carboxylic acids is 11. The number of carbonyl (C=O) groups is 11. The van der Waals surface area contributed by atoms with Gasteiger partial charge in [0.1, 0.15) is 108 Å². The van der Waals surface area contributed by atoms with E-state index in [9.17, 15) is 118 Å². The lowest BCUT2D eigenvalue weighted by Crippen LogP contribution is -2.64. The number of amides is 7. The topological polar surface area (TPSA) is 643 Å². The van der Waals surface area contributed by atoms with Crippen molar-refractivity contribution in [2.24, 2.45) is 0 Å². The molecular formula is C74H127N7O37P2. The van der Waals surface area contributed by atoms with Crippen molar-refractivity contribution in [1.82, 2.24) is 36.8 Å². The van der Waals surface area contributed by atoms with E-state index in [-0.39, 0.29) is 179 Å². The lowest BCUT2D eigenvalue weighted by atomic mass is 9.97. The minimum atomic E-state index is -4.02. The van der Waals surface area contributed by atoms with Crippen LogP contribution in [-0.2, 0) is 118 Å². The van der Waals surface area contributed by atoms with Crippen molar-refractivity contribution in [2.45, 2.75) is 284 Å². The lowest BCUT2D eigenvalue weighted by molar-refractivity contribution is -0.270. The van der Waals surface area contributed by atoms with Crippen molar-refractivity contribution in [3.8, 4) is 0 Å². The fraction of sp³-hybridized carbons (Fsp3) is 0.838. The van der Waals surface area contributed by atoms with E-state index in [4.69, 9.17) is 60.9 Å². The number of nitrogens with one attached hydrogen (secondary N) is 6. The Morgan fingerprint density at radius 1 is 0.483 bits per heavy atom. The molecule has 0 spiro atoms. The van der Waals surface area contributed by atoms with Crippen LogP contribution in [0.4, 0.5) is 0 Å². The number of ketones is 4. The highest BCUT2D eigenvalue weighted by atomic mass is 31.2. The molecule has 0 saturated carbocycles. The SMILES string of the molecule is C=P(O)(OC[C@@H]1C[C@@H](O)CN1C(=O)CCC(=O)NC(COCCC(=O)CCCCNC(=O)CCO[C@@H]1OC(CO)[C@H](O)[C@H](O)C1NC(C)=O)(COCCC(=O)CCCC(=O)CCO[C@@H]1OC(CO)[C@H](O)[C@H](O)C1NC(C)=O)COCCC(=O)NCCC(=O)CCO[C@@H]1OC(CO)[C@H](O)[C@H](O)C1NC(C)=O)O[C@H]1C[C@H](C)O[C@@H]1COP(=O)(O)C(C)C. The smallest absolute Gasteiger partial charge is 0.330 e. The van der Waals surface area contributed by atoms with Gasteiger partial charge in [0.2, 0.25) is 48.9 Å². The van der Waals surface area contributed by atoms with Crippen molar-refractivity contribution in [3.05, 3.63) is 0 Å². The molecular weight excluding hydrogens is 1640 g/mol. The molecule has 46 heteroatoms. The lowest BCUT2D eigenvalue weighted by Gasteiger charge is -2.42. The predicted octanol–water partition coefficient (Wildman–Crippen LogP) is -5.53. The Balaban J connectivity index is 1.24. The van der Waals surface area contributed by atoms with E-state index in [1.165, 1.54) is 25.7 Å². The zero-order valence-electron chi connectivity index (χ0n) is 68.8. The largest absolute Gasteiger partial charge is 0.394 e. The van der Waals surface area contributed by atoms with Crippen LogP contribution in [-0.4, -0.2) is 382 Å². The number of ether oxygens (including phenoxy) is 10. The molecule has 690 valence electrons. The molecule has 120 heavy (non-hydrogen) atoms. The number of nitrogens with zero attached hydrogens (tertiary/aromatic N) is 1. The molecule has 5 rings (SSSR count). The first-order valence-electron chi connectivity index (χ1n) is 40.3. The first-order chi connectivity index (χ1) is 56.7. The van der Waals surface area contributed by atoms with Crippen molar-refractivity contribution in [2.75, 3.05) is 112 Å². The van der Waals surface area contributed by atoms with E-state index in [0.29, 0.717) is 12.8 Å². The Bertz CT molecular complexity index is 3260. The standard InChI is InChI=1S/C74H127N7O37P2/c1-42(2)120(104,105)113-38-57-53(31-43(3)114-57)118-119(7,103)112-37-47-32-52(92)33-81(47)61(96)15-14-60(95)80-74(40-107-26-18-49(89)12-10-13-50(90)19-28-109-71-62(77-44(4)85)68(100)65(97)54(34-82)115-71,41-108-27-21-58(93)76-24-16-51(91)20-29-110-72-63(78-45(5)86)69(101)66(98)55(35-83)116-72)39-106-25-17-48(88)11-8-9-23-75-59(94)22-30-111-73-64(79-46(6)87)70(102)67(99)56(36-84)117-73/h42-43,47,52-57,62-73,82-84,92,97-103H,7-41H2,1-6H3,(H,75,94)(H,76,93)(H,77,85)(H,78,86)(H,79,87)(H,80,95)(H,104,105)/t43-,47-,52+,53-,54?,55?,56?,57+,62?,63?,64?,65-,66-,67-,68+,69+,70+,71+,72+,73+,74?,119?/m0/s1. The molecule has 7 amide bonds. The summed E-state index contributed by atoms with van der Waals surface area (Å²) < 4.78 is 87.1. The normalized spacial score (nSPS) is 29.0. The fourth-order valence-electron chi connectivity index (χ4n) is 13.5. The van der Waals surface area contributed by atoms with Crippen LogP contribution < -0.4 is 31.9 Å². The number of unbranched alkanes of at least 4 members (excludes halogenated alkanes) is 1. The van der Waals surface area contributed by atoms with Crippen LogP contribution >= 0.6 is 15.2 Å². The number of aliphatic hydroxyl groups is 10. The number of Topliss-reactive ketones (excluding diaryl/α,β-unsaturated/α-hetero) is 4. The molecule has 5 fully saturated rings. The quantitative estimate of drug-likeness (QED) is 0.0199. The van der Waals surface area contributed by atoms with Crippen molar-refractivity contribution in [1.29, 1.82) is 0 Å². The number of rotatable bonds is 58. The predicted molar refractivity (Wildman–Crippen MR) is 416 cm³/mol. The van der Waals surface area contributed by atoms with Crippen molar-refractivity contribution < 1.29 is 179 Å². The summed E-state index contributed by atoms with van der Waals surface area (Å²) in [5, 5.41) is 118. The first-order valence-corrected chi connectivity index (χ1v) is 43.7. The van der Waals surface area contributed by atoms with E-state index < -0.39 is 243 Å². The van der Waals surface area contributed by atoms with E-state index in [0.717, 1.165) is 13.8 Å². The van der Waals surface area contributed by atoms with Crippen LogP contribution in [0.2, 0.25) is 0 Å². The van der Waals surface area contributed by atoms with Gasteiger partial charge in [-0.25, -0.2) is 0 Å². The highest BCUT2D eigenvalue weighted by molar-refractivity contribution is 7.58. The van der Waals surface area contributed by atoms with E-state index in [2.05, 4.69) is 38.2 Å². The second kappa shape index (κ2) is 53.1. The number of aliphatic hydroxyl groups excluding tert-OH is 10. The van der Waals surface area contributed by atoms with Gasteiger partial charge in [-0.2, -0.15) is 0 Å². The molecule has 0 aromatic carbocycles. The first kappa shape index (κ1) is 105. The Morgan fingerprint density at radius 2 is 0.900 bits per heavy atom. The minimum Gasteiger partial charge on any atom is -0.394 e. The van der Waals surface area contributed by atoms with Gasteiger partial charge in [0.25, 0.3) is 0 Å². The summed E-state index contributed by atoms with van der Waals surface area (Å²) in [6, 6.07) is -4.57. The van der Waals surface area contributed by atoms with Crippen LogP contribution in [0.5, 0.6) is 0 Å². The van der Waals surface area contributed by atoms with Gasteiger partial charge in [-0.15, -0.1) is 0 Å². The second-order valence-corrected chi connectivity index (χ2v) is 34.8. The van der Waals surface area contributed by atoms with Gasteiger partial charge < -0.3 is 159 Å². The van der Waals surface area contributed by atoms with Crippen LogP contribution in [0.25, 0.3) is 0 Å². The summed E-state index contributed by atoms with van der Waals surface area (Å²) in [6.07, 6.45) is -18.3. The summed E-state index contributed by atoms with van der Waals surface area (Å²) in [5.41, 5.74) is -2.45. The monoisotopic (exact) mass is 1770 g/mol. The maximum atomic E-state index is 14.4. The highest BCUT2D eigenvalue weighted by Crippen LogP contribution is 2.50. The van der Waals surface area contributed by atoms with Crippen LogP contribution in [0, 0.1) is 0 Å². The number of hydrogen-bond acceptors (Lipinski definition) is 36. The van der Waals surface area contributed by atoms with Crippen LogP contribution in [0.3, 0.4) is 0 Å². The Labute approximate surface area is 695 Å². The maximum absolute atomic E-state index is 14.4. The number of likely N-dealkylation sites (tertiary alicyclic amines) is 1. The van der Waals surface area contributed by atoms with Crippen molar-refractivity contribution >= 4 is 85.9 Å². The molecule has 9 unspecified atom stereocenters. The molecule has 0 radical (unpaired) electrons. The second-order valence-electron chi connectivity index (χ2n) is 30.7. The summed E-state index contributed by atoms with van der Waals surface area (Å²) in [5.74, 6) is -5.53. The van der Waals surface area contributed by atoms with Crippen molar-refractivity contribution in [3.63, 3.8) is 0 Å². The molecule has 18 N–H and O–H groups in total. The Kier molecular flexibility index (Phi) is 46.5. The van der Waals surface area contributed by atoms with Gasteiger partial charge >= 0.3 is 7.60 Å². The molecule has 0 bridgehead atoms. The van der Waals surface area contributed by atoms with Gasteiger partial charge in [-0.3, -0.25) is 57.3 Å². The molecule has 5 aliphatic rings. The van der Waals surface area contributed by atoms with Crippen LogP contribution in [0.15, 0.2) is 0 Å². The van der Waals surface area contributed by atoms with Gasteiger partial charge in [-0.1, -0.05) is 13.8 Å². The fourth-order valence-corrected chi connectivity index (χ4v) is 15.2. The molecule has 5 aliphatic heterocycles. The summed E-state index contributed by atoms with van der Waals surface area (Å²) in [4.78, 5) is 165. The third-order valence-electron chi connectivity index (χ3n) is 20.1. The Morgan fingerprint density at radius 3 is 1.35 bits per heavy atom. The third kappa shape index (κ3) is 36.6. The number of hydrogen-bond donors (Lipinski definition) is 18. The van der Waals surface area contributed by atoms with Gasteiger partial charge in [0, 0.05) is 117 Å². The average molecular weight is 1770 g/mol. The number of β-amino-alcohol motifs (C(OH)–C–C–N with tert-alkyl or cyclic N) is 1. The third-order valence-corrected chi connectivity index (χ3v) is 23.1. The highest BCUT2D eigenvalue weighted by Gasteiger charge is 2.49. The van der Waals surface area contributed by atoms with Gasteiger partial charge in [0.05, 0.1) is 129 Å². The van der Waals surface area contributed by atoms with E-state index >= 15 is 0 Å². The summed E-state index contributed by atoms with van der Waals surface area (Å²) in [7, 11) is -7.99. The molecule has 44 nitrogen and oxygen atoms in total.